The maximum absolute atomic E-state index is 12.3. The predicted molar refractivity (Wildman–Crippen MR) is 34.4 cm³/mol. The minimum atomic E-state index is -0.247. The van der Waals surface area contributed by atoms with E-state index in [1.165, 1.54) is 12.1 Å². The van der Waals surface area contributed by atoms with Crippen molar-refractivity contribution in [2.45, 2.75) is 0 Å². The van der Waals surface area contributed by atoms with E-state index in [4.69, 9.17) is 0 Å². The third kappa shape index (κ3) is 1.39. The van der Waals surface area contributed by atoms with Gasteiger partial charge in [0.15, 0.2) is 0 Å². The van der Waals surface area contributed by atoms with E-state index in [1.54, 1.807) is 12.1 Å². The van der Waals surface area contributed by atoms with Crippen molar-refractivity contribution in [3.63, 3.8) is 0 Å². The van der Waals surface area contributed by atoms with Gasteiger partial charge in [-0.25, -0.2) is 4.39 Å². The minimum absolute atomic E-state index is 0.247. The van der Waals surface area contributed by atoms with Crippen molar-refractivity contribution in [3.8, 4) is 0 Å². The molecule has 1 rings (SSSR count). The van der Waals surface area contributed by atoms with Crippen LogP contribution in [0.15, 0.2) is 30.8 Å². The van der Waals surface area contributed by atoms with Crippen LogP contribution in [0.25, 0.3) is 0 Å². The first kappa shape index (κ1) is 6.02. The van der Waals surface area contributed by atoms with E-state index in [9.17, 15) is 4.39 Å². The lowest BCUT2D eigenvalue weighted by molar-refractivity contribution is 0.627. The van der Waals surface area contributed by atoms with Gasteiger partial charge in [0.1, 0.15) is 5.82 Å². The number of rotatable bonds is 1. The number of hydrogen-bond donors (Lipinski definition) is 0. The zero-order chi connectivity index (χ0) is 6.69. The predicted octanol–water partition coefficient (Wildman–Crippen LogP) is 2.16. The normalized spacial score (nSPS) is 9.00. The molecule has 0 unspecified atom stereocenters. The average molecular weight is 121 g/mol. The Balaban J connectivity index is 3.07. The van der Waals surface area contributed by atoms with E-state index >= 15 is 0 Å². The molecular formula is C8H6F. The monoisotopic (exact) mass is 121 g/mol. The first-order chi connectivity index (χ1) is 4.33. The summed E-state index contributed by atoms with van der Waals surface area (Å²) in [5.41, 5.74) is 0.690. The van der Waals surface area contributed by atoms with Crippen molar-refractivity contribution in [3.05, 3.63) is 48.3 Å². The van der Waals surface area contributed by atoms with Crippen LogP contribution in [0.5, 0.6) is 0 Å². The topological polar surface area (TPSA) is 0 Å². The van der Waals surface area contributed by atoms with E-state index in [-0.39, 0.29) is 5.82 Å². The summed E-state index contributed by atoms with van der Waals surface area (Å²) in [6.45, 7) is 3.38. The molecule has 0 aliphatic rings. The molecule has 0 heterocycles. The maximum Gasteiger partial charge on any atom is 0.123 e. The van der Waals surface area contributed by atoms with E-state index in [2.05, 4.69) is 12.7 Å². The molecule has 0 bridgehead atoms. The van der Waals surface area contributed by atoms with Crippen LogP contribution in [0, 0.1) is 11.9 Å². The van der Waals surface area contributed by atoms with Gasteiger partial charge in [-0.15, -0.1) is 0 Å². The zero-order valence-corrected chi connectivity index (χ0v) is 4.89. The van der Waals surface area contributed by atoms with Crippen LogP contribution in [-0.2, 0) is 0 Å². The van der Waals surface area contributed by atoms with Gasteiger partial charge in [-0.05, 0) is 23.8 Å². The van der Waals surface area contributed by atoms with Crippen molar-refractivity contribution in [1.29, 1.82) is 0 Å². The van der Waals surface area contributed by atoms with Gasteiger partial charge in [0, 0.05) is 0 Å². The summed E-state index contributed by atoms with van der Waals surface area (Å²) in [6, 6.07) is 6.15. The molecule has 1 aromatic rings. The highest BCUT2D eigenvalue weighted by molar-refractivity contribution is 5.21. The van der Waals surface area contributed by atoms with Gasteiger partial charge in [0.05, 0.1) is 0 Å². The first-order valence-electron chi connectivity index (χ1n) is 2.61. The van der Waals surface area contributed by atoms with Crippen LogP contribution in [-0.4, -0.2) is 0 Å². The standard InChI is InChI=1S/C8H6F/c1-2-7-4-3-5-8(9)6-7/h3-6H,1H2. The van der Waals surface area contributed by atoms with Gasteiger partial charge >= 0.3 is 0 Å². The lowest BCUT2D eigenvalue weighted by atomic mass is 10.2. The van der Waals surface area contributed by atoms with E-state index in [0.717, 1.165) is 0 Å². The van der Waals surface area contributed by atoms with Crippen molar-refractivity contribution >= 4 is 0 Å². The largest absolute Gasteiger partial charge is 0.207 e. The molecule has 0 aromatic heterocycles. The highest BCUT2D eigenvalue weighted by atomic mass is 19.1. The van der Waals surface area contributed by atoms with Gasteiger partial charge < -0.3 is 0 Å². The quantitative estimate of drug-likeness (QED) is 0.534. The van der Waals surface area contributed by atoms with Gasteiger partial charge in [-0.1, -0.05) is 18.7 Å². The van der Waals surface area contributed by atoms with Crippen molar-refractivity contribution in [2.75, 3.05) is 0 Å². The Morgan fingerprint density at radius 1 is 1.44 bits per heavy atom. The van der Waals surface area contributed by atoms with Crippen molar-refractivity contribution < 1.29 is 4.39 Å². The Morgan fingerprint density at radius 3 is 2.67 bits per heavy atom. The molecule has 1 radical (unpaired) electrons. The van der Waals surface area contributed by atoms with Crippen LogP contribution in [0.2, 0.25) is 0 Å². The molecule has 9 heavy (non-hydrogen) atoms. The highest BCUT2D eigenvalue weighted by Gasteiger charge is 1.87. The summed E-state index contributed by atoms with van der Waals surface area (Å²) in [7, 11) is 0. The average Bonchev–Trinajstić information content (AvgIpc) is 1.88. The Hall–Kier alpha value is -1.11. The molecule has 0 N–H and O–H groups in total. The molecule has 1 heteroatoms. The van der Waals surface area contributed by atoms with Crippen molar-refractivity contribution in [1.82, 2.24) is 0 Å². The third-order valence-corrected chi connectivity index (χ3v) is 1.03. The molecule has 0 saturated heterocycles. The molecule has 0 atom stereocenters. The Labute approximate surface area is 53.6 Å². The molecule has 0 saturated carbocycles. The molecule has 0 aliphatic carbocycles. The molecule has 1 aromatic carbocycles. The van der Waals surface area contributed by atoms with Crippen molar-refractivity contribution in [2.24, 2.45) is 0 Å². The van der Waals surface area contributed by atoms with Crippen LogP contribution in [0.4, 0.5) is 4.39 Å². The second-order valence-electron chi connectivity index (χ2n) is 1.69. The second-order valence-corrected chi connectivity index (χ2v) is 1.69. The fourth-order valence-electron chi connectivity index (χ4n) is 0.598. The molecule has 0 fully saturated rings. The lowest BCUT2D eigenvalue weighted by Gasteiger charge is -1.88. The number of benzene rings is 1. The molecule has 45 valence electrons. The second kappa shape index (κ2) is 2.44. The smallest absolute Gasteiger partial charge is 0.123 e. The molecule has 0 spiro atoms. The summed E-state index contributed by atoms with van der Waals surface area (Å²) >= 11 is 0. The third-order valence-electron chi connectivity index (χ3n) is 1.03. The summed E-state index contributed by atoms with van der Waals surface area (Å²) in [4.78, 5) is 0. The van der Waals surface area contributed by atoms with Crippen LogP contribution in [0.3, 0.4) is 0 Å². The zero-order valence-electron chi connectivity index (χ0n) is 4.89. The maximum atomic E-state index is 12.3. The molecule has 0 nitrogen and oxygen atoms in total. The van der Waals surface area contributed by atoms with Crippen LogP contribution < -0.4 is 0 Å². The first-order valence-corrected chi connectivity index (χ1v) is 2.61. The Kier molecular flexibility index (Phi) is 1.63. The fraction of sp³-hybridized carbons (Fsp3) is 0. The van der Waals surface area contributed by atoms with E-state index in [1.807, 2.05) is 0 Å². The SMILES string of the molecule is C=[C]c1cccc(F)c1. The van der Waals surface area contributed by atoms with E-state index in [0.29, 0.717) is 5.56 Å². The Bertz CT molecular complexity index is 216. The molecule has 0 aliphatic heterocycles. The summed E-state index contributed by atoms with van der Waals surface area (Å²) in [5.74, 6) is -0.247. The van der Waals surface area contributed by atoms with Gasteiger partial charge in [-0.2, -0.15) is 0 Å². The summed E-state index contributed by atoms with van der Waals surface area (Å²) in [5, 5.41) is 0. The fourth-order valence-corrected chi connectivity index (χ4v) is 0.598. The number of hydrogen-bond acceptors (Lipinski definition) is 0. The Morgan fingerprint density at radius 2 is 2.22 bits per heavy atom. The lowest BCUT2D eigenvalue weighted by Crippen LogP contribution is -1.74. The van der Waals surface area contributed by atoms with E-state index < -0.39 is 0 Å². The summed E-state index contributed by atoms with van der Waals surface area (Å²) < 4.78 is 12.3. The van der Waals surface area contributed by atoms with Gasteiger partial charge in [-0.3, -0.25) is 0 Å². The van der Waals surface area contributed by atoms with Gasteiger partial charge in [0.25, 0.3) is 0 Å². The van der Waals surface area contributed by atoms with Gasteiger partial charge in [0.2, 0.25) is 0 Å². The number of halogens is 1. The van der Waals surface area contributed by atoms with Crippen LogP contribution >= 0.6 is 0 Å². The molecule has 0 amide bonds. The highest BCUT2D eigenvalue weighted by Crippen LogP contribution is 2.01. The molecular weight excluding hydrogens is 115 g/mol. The minimum Gasteiger partial charge on any atom is -0.207 e. The van der Waals surface area contributed by atoms with Crippen LogP contribution in [0.1, 0.15) is 5.56 Å². The summed E-state index contributed by atoms with van der Waals surface area (Å²) in [6.07, 6.45) is 2.58.